The summed E-state index contributed by atoms with van der Waals surface area (Å²) in [7, 11) is 1.96. The van der Waals surface area contributed by atoms with Crippen molar-refractivity contribution in [2.24, 2.45) is 18.0 Å². The lowest BCUT2D eigenvalue weighted by Crippen LogP contribution is -2.41. The summed E-state index contributed by atoms with van der Waals surface area (Å²) in [6.45, 7) is 9.79. The second kappa shape index (κ2) is 10.4. The Morgan fingerprint density at radius 1 is 1.38 bits per heavy atom. The number of rotatable bonds is 6. The van der Waals surface area contributed by atoms with Crippen LogP contribution in [0.2, 0.25) is 0 Å². The van der Waals surface area contributed by atoms with Gasteiger partial charge in [-0.25, -0.2) is 4.39 Å². The number of guanidine groups is 1. The number of hydrogen-bond donors (Lipinski definition) is 1. The standard InChI is InChI=1S/C22H32FN5.HI/c1-5-24-21(25-16-22(2,3)19-7-6-8-20(23)12-19)28-10-9-17(15-28)11-18-13-26-27(4)14-18;/h6-8,12-14,17H,5,9-11,15-16H2,1-4H3,(H,24,25);1H. The van der Waals surface area contributed by atoms with Crippen LogP contribution in [0, 0.1) is 11.7 Å². The first-order chi connectivity index (χ1) is 13.4. The van der Waals surface area contributed by atoms with Gasteiger partial charge in [-0.3, -0.25) is 9.67 Å². The minimum Gasteiger partial charge on any atom is -0.357 e. The van der Waals surface area contributed by atoms with Crippen molar-refractivity contribution in [3.8, 4) is 0 Å². The first-order valence-electron chi connectivity index (χ1n) is 10.1. The van der Waals surface area contributed by atoms with Crippen molar-refractivity contribution >= 4 is 29.9 Å². The number of halogens is 2. The molecule has 1 N–H and O–H groups in total. The highest BCUT2D eigenvalue weighted by Gasteiger charge is 2.27. The summed E-state index contributed by atoms with van der Waals surface area (Å²) in [6, 6.07) is 6.85. The van der Waals surface area contributed by atoms with Crippen LogP contribution in [0.4, 0.5) is 4.39 Å². The van der Waals surface area contributed by atoms with Crippen LogP contribution in [-0.4, -0.2) is 46.8 Å². The lowest BCUT2D eigenvalue weighted by molar-refractivity contribution is 0.453. The average Bonchev–Trinajstić information content (AvgIpc) is 3.28. The topological polar surface area (TPSA) is 45.5 Å². The van der Waals surface area contributed by atoms with Crippen LogP contribution in [0.1, 0.15) is 38.3 Å². The number of aromatic nitrogens is 2. The molecule has 0 spiro atoms. The summed E-state index contributed by atoms with van der Waals surface area (Å²) in [5.41, 5.74) is 2.05. The Balaban J connectivity index is 0.00000300. The van der Waals surface area contributed by atoms with Crippen molar-refractivity contribution in [1.29, 1.82) is 0 Å². The van der Waals surface area contributed by atoms with Crippen molar-refractivity contribution in [3.63, 3.8) is 0 Å². The molecule has 1 aliphatic heterocycles. The predicted octanol–water partition coefficient (Wildman–Crippen LogP) is 3.98. The van der Waals surface area contributed by atoms with Gasteiger partial charge in [0.05, 0.1) is 12.7 Å². The molecule has 160 valence electrons. The zero-order valence-corrected chi connectivity index (χ0v) is 20.2. The van der Waals surface area contributed by atoms with Crippen molar-refractivity contribution in [3.05, 3.63) is 53.6 Å². The Morgan fingerprint density at radius 3 is 2.83 bits per heavy atom. The highest BCUT2D eigenvalue weighted by molar-refractivity contribution is 14.0. The molecule has 5 nitrogen and oxygen atoms in total. The Morgan fingerprint density at radius 2 is 2.17 bits per heavy atom. The molecule has 1 aliphatic rings. The van der Waals surface area contributed by atoms with Gasteiger partial charge < -0.3 is 10.2 Å². The second-order valence-corrected chi connectivity index (χ2v) is 8.39. The molecule has 7 heteroatoms. The van der Waals surface area contributed by atoms with Crippen molar-refractivity contribution in [2.45, 2.75) is 39.0 Å². The third-order valence-electron chi connectivity index (χ3n) is 5.43. The highest BCUT2D eigenvalue weighted by Crippen LogP contribution is 2.25. The summed E-state index contributed by atoms with van der Waals surface area (Å²) in [5.74, 6) is 1.38. The summed E-state index contributed by atoms with van der Waals surface area (Å²) >= 11 is 0. The minimum absolute atomic E-state index is 0. The van der Waals surface area contributed by atoms with E-state index in [-0.39, 0.29) is 35.2 Å². The number of aliphatic imine (C=N–C) groups is 1. The molecule has 0 radical (unpaired) electrons. The Hall–Kier alpha value is -1.64. The zero-order valence-electron chi connectivity index (χ0n) is 17.9. The lowest BCUT2D eigenvalue weighted by atomic mass is 9.85. The Kier molecular flexibility index (Phi) is 8.48. The van der Waals surface area contributed by atoms with Gasteiger partial charge in [-0.15, -0.1) is 24.0 Å². The molecule has 1 fully saturated rings. The van der Waals surface area contributed by atoms with Crippen LogP contribution in [0.25, 0.3) is 0 Å². The number of hydrogen-bond acceptors (Lipinski definition) is 2. The van der Waals surface area contributed by atoms with E-state index in [0.717, 1.165) is 44.0 Å². The van der Waals surface area contributed by atoms with Gasteiger partial charge >= 0.3 is 0 Å². The fourth-order valence-corrected chi connectivity index (χ4v) is 3.80. The second-order valence-electron chi connectivity index (χ2n) is 8.39. The maximum absolute atomic E-state index is 13.6. The van der Waals surface area contributed by atoms with Crippen molar-refractivity contribution in [2.75, 3.05) is 26.2 Å². The molecular formula is C22H33FIN5. The van der Waals surface area contributed by atoms with Gasteiger partial charge in [0.2, 0.25) is 0 Å². The Labute approximate surface area is 190 Å². The summed E-state index contributed by atoms with van der Waals surface area (Å²) in [5, 5.41) is 7.71. The number of likely N-dealkylation sites (tertiary alicyclic amines) is 1. The van der Waals surface area contributed by atoms with Crippen molar-refractivity contribution in [1.82, 2.24) is 20.0 Å². The van der Waals surface area contributed by atoms with Gasteiger partial charge in [-0.2, -0.15) is 5.10 Å². The van der Waals surface area contributed by atoms with E-state index in [9.17, 15) is 4.39 Å². The van der Waals surface area contributed by atoms with E-state index in [1.54, 1.807) is 12.1 Å². The summed E-state index contributed by atoms with van der Waals surface area (Å²) in [6.07, 6.45) is 6.28. The van der Waals surface area contributed by atoms with E-state index in [1.165, 1.54) is 11.6 Å². The van der Waals surface area contributed by atoms with E-state index in [2.05, 4.69) is 42.3 Å². The number of benzene rings is 1. The largest absolute Gasteiger partial charge is 0.357 e. The van der Waals surface area contributed by atoms with Gasteiger partial charge in [0.25, 0.3) is 0 Å². The van der Waals surface area contributed by atoms with Crippen LogP contribution in [0.3, 0.4) is 0 Å². The molecule has 1 atom stereocenters. The highest BCUT2D eigenvalue weighted by atomic mass is 127. The van der Waals surface area contributed by atoms with Gasteiger partial charge in [0.1, 0.15) is 5.82 Å². The van der Waals surface area contributed by atoms with Crippen LogP contribution < -0.4 is 5.32 Å². The molecule has 1 saturated heterocycles. The van der Waals surface area contributed by atoms with E-state index in [4.69, 9.17) is 4.99 Å². The van der Waals surface area contributed by atoms with Gasteiger partial charge in [-0.05, 0) is 48.9 Å². The SMILES string of the molecule is CCNC(=NCC(C)(C)c1cccc(F)c1)N1CCC(Cc2cnn(C)c2)C1.I. The molecule has 0 amide bonds. The van der Waals surface area contributed by atoms with Crippen LogP contribution in [-0.2, 0) is 18.9 Å². The molecule has 0 bridgehead atoms. The number of nitrogens with one attached hydrogen (secondary N) is 1. The molecule has 1 aromatic heterocycles. The minimum atomic E-state index is -0.225. The first kappa shape index (κ1) is 23.6. The molecule has 1 aromatic carbocycles. The normalized spacial score (nSPS) is 17.3. The van der Waals surface area contributed by atoms with Crippen molar-refractivity contribution < 1.29 is 4.39 Å². The van der Waals surface area contributed by atoms with Crippen LogP contribution in [0.15, 0.2) is 41.7 Å². The van der Waals surface area contributed by atoms with E-state index in [0.29, 0.717) is 12.5 Å². The molecule has 2 aromatic rings. The van der Waals surface area contributed by atoms with Crippen LogP contribution in [0.5, 0.6) is 0 Å². The van der Waals surface area contributed by atoms with Gasteiger partial charge in [-0.1, -0.05) is 26.0 Å². The summed E-state index contributed by atoms with van der Waals surface area (Å²) < 4.78 is 15.5. The lowest BCUT2D eigenvalue weighted by Gasteiger charge is -2.26. The molecule has 1 unspecified atom stereocenters. The maximum atomic E-state index is 13.6. The third kappa shape index (κ3) is 6.42. The van der Waals surface area contributed by atoms with E-state index < -0.39 is 0 Å². The fourth-order valence-electron chi connectivity index (χ4n) is 3.80. The zero-order chi connectivity index (χ0) is 20.1. The van der Waals surface area contributed by atoms with E-state index in [1.807, 2.05) is 24.0 Å². The first-order valence-corrected chi connectivity index (χ1v) is 10.1. The molecule has 3 rings (SSSR count). The van der Waals surface area contributed by atoms with Gasteiger partial charge in [0.15, 0.2) is 5.96 Å². The smallest absolute Gasteiger partial charge is 0.193 e. The molecule has 29 heavy (non-hydrogen) atoms. The molecular weight excluding hydrogens is 480 g/mol. The predicted molar refractivity (Wildman–Crippen MR) is 127 cm³/mol. The Bertz CT molecular complexity index is 817. The molecule has 2 heterocycles. The number of nitrogens with zero attached hydrogens (tertiary/aromatic N) is 4. The number of aryl methyl sites for hydroxylation is 1. The van der Waals surface area contributed by atoms with Gasteiger partial charge in [0, 0.05) is 38.3 Å². The van der Waals surface area contributed by atoms with Crippen LogP contribution >= 0.6 is 24.0 Å². The summed E-state index contributed by atoms with van der Waals surface area (Å²) in [4.78, 5) is 7.26. The molecule has 0 saturated carbocycles. The molecule has 0 aliphatic carbocycles. The maximum Gasteiger partial charge on any atom is 0.193 e. The monoisotopic (exact) mass is 513 g/mol. The van der Waals surface area contributed by atoms with E-state index >= 15 is 0 Å². The quantitative estimate of drug-likeness (QED) is 0.361. The third-order valence-corrected chi connectivity index (χ3v) is 5.43. The fraction of sp³-hybridized carbons (Fsp3) is 0.545. The average molecular weight is 513 g/mol.